The van der Waals surface area contributed by atoms with Crippen LogP contribution in [-0.4, -0.2) is 18.3 Å². The molecule has 1 heterocycles. The molecule has 0 atom stereocenters. The molecule has 108 heavy (non-hydrogen) atoms. The summed E-state index contributed by atoms with van der Waals surface area (Å²) in [6, 6.07) is 98.5. The van der Waals surface area contributed by atoms with Crippen LogP contribution in [0.1, 0.15) is 125 Å². The van der Waals surface area contributed by atoms with Gasteiger partial charge in [0.25, 0.3) is 0 Å². The van der Waals surface area contributed by atoms with Crippen molar-refractivity contribution in [3.8, 4) is 55.6 Å². The van der Waals surface area contributed by atoms with Crippen molar-refractivity contribution in [1.82, 2.24) is 0 Å². The van der Waals surface area contributed by atoms with Gasteiger partial charge in [0.2, 0.25) is 0 Å². The molecule has 21 rings (SSSR count). The molecule has 3 aliphatic carbocycles. The van der Waals surface area contributed by atoms with Crippen molar-refractivity contribution in [1.29, 1.82) is 0 Å². The van der Waals surface area contributed by atoms with Crippen molar-refractivity contribution in [2.24, 2.45) is 0 Å². The van der Waals surface area contributed by atoms with E-state index in [-0.39, 0.29) is 34.6 Å². The summed E-state index contributed by atoms with van der Waals surface area (Å²) in [4.78, 5) is 0. The zero-order chi connectivity index (χ0) is 74.6. The molecule has 0 amide bonds. The van der Waals surface area contributed by atoms with E-state index >= 15 is 0 Å². The summed E-state index contributed by atoms with van der Waals surface area (Å²) in [6.45, 7) is 31.5. The number of aryl methyl sites for hydroxylation is 4. The van der Waals surface area contributed by atoms with E-state index in [0.29, 0.717) is 0 Å². The van der Waals surface area contributed by atoms with Gasteiger partial charge in [0.05, 0.1) is 11.2 Å². The largest absolute Gasteiger partial charge is 0.494 e. The lowest BCUT2D eigenvalue weighted by Gasteiger charge is -2.32. The summed E-state index contributed by atoms with van der Waals surface area (Å²) in [6.07, 6.45) is 0. The third-order valence-electron chi connectivity index (χ3n) is 25.8. The maximum absolute atomic E-state index is 6.39. The Labute approximate surface area is 651 Å². The van der Waals surface area contributed by atoms with Gasteiger partial charge in [0, 0.05) is 25.2 Å². The Kier molecular flexibility index (Phi) is 15.6. The minimum Gasteiger partial charge on any atom is -0.399 e. The fraction of sp³-hybridized carbons (Fsp3) is 0.184. The Morgan fingerprint density at radius 2 is 0.463 bits per heavy atom. The second-order valence-electron chi connectivity index (χ2n) is 33.7. The number of benzene rings is 17. The molecule has 0 spiro atoms. The Morgan fingerprint density at radius 1 is 0.222 bits per heavy atom. The standard InChI is InChI=1S/C62H46.C33H31BO2.C8H8Br2/c1-35-27-50(38-24-26-48-56-32-52-44-20-12-8-16-40(44)42-18-10-14-22-46(42)54(52)34-60(56)62(5,6)58(48)30-38)36(2)28-49(35)37-23-25-47-55-31-51-43-19-11-7-15-39(43)41-17-9-13-21-45(41)53(51)33-59(55)61(3,4)57(47)29-37;1-31(2)29-17-20(34-35-32(3,4)33(5,6)36-34)15-16-25(29)28-18-26-23-13-9-7-11-21(23)22-12-8-10-14-24(22)27(26)19-30(28)31;1-5-3-8(10)6(2)4-7(5)9/h7-34H,1-6H3;7-19H,1-6H3;3-4H,1-2H3. The van der Waals surface area contributed by atoms with Crippen LogP contribution in [0.15, 0.2) is 270 Å². The van der Waals surface area contributed by atoms with Crippen molar-refractivity contribution in [3.63, 3.8) is 0 Å². The number of rotatable bonds is 3. The van der Waals surface area contributed by atoms with Gasteiger partial charge in [-0.05, 0) is 330 Å². The van der Waals surface area contributed by atoms with Crippen molar-refractivity contribution < 1.29 is 9.31 Å². The van der Waals surface area contributed by atoms with Gasteiger partial charge in [0.1, 0.15) is 0 Å². The normalized spacial score (nSPS) is 15.7. The number of hydrogen-bond acceptors (Lipinski definition) is 2. The van der Waals surface area contributed by atoms with E-state index in [0.717, 1.165) is 5.46 Å². The highest BCUT2D eigenvalue weighted by molar-refractivity contribution is 9.11. The molecule has 1 aliphatic heterocycles. The summed E-state index contributed by atoms with van der Waals surface area (Å²) < 4.78 is 15.1. The lowest BCUT2D eigenvalue weighted by atomic mass is 9.74. The van der Waals surface area contributed by atoms with E-state index in [2.05, 4.69) is 390 Å². The second kappa shape index (κ2) is 24.5. The molecule has 0 radical (unpaired) electrons. The Hall–Kier alpha value is -9.98. The third kappa shape index (κ3) is 10.3. The number of halogens is 2. The molecule has 17 aromatic carbocycles. The van der Waals surface area contributed by atoms with Crippen LogP contribution in [0.25, 0.3) is 153 Å². The highest BCUT2D eigenvalue weighted by atomic mass is 79.9. The van der Waals surface area contributed by atoms with Gasteiger partial charge >= 0.3 is 7.12 Å². The minimum absolute atomic E-state index is 0.120. The summed E-state index contributed by atoms with van der Waals surface area (Å²) in [7, 11) is -0.355. The van der Waals surface area contributed by atoms with Crippen LogP contribution in [0, 0.1) is 27.7 Å². The van der Waals surface area contributed by atoms with E-state index in [1.54, 1.807) is 0 Å². The summed E-state index contributed by atoms with van der Waals surface area (Å²) >= 11 is 6.92. The number of hydrogen-bond donors (Lipinski definition) is 0. The maximum Gasteiger partial charge on any atom is 0.494 e. The number of fused-ring (bicyclic) bond motifs is 27. The minimum atomic E-state index is -0.355. The summed E-state index contributed by atoms with van der Waals surface area (Å²) in [5.74, 6) is 0. The Balaban J connectivity index is 0.000000145. The average Bonchev–Trinajstić information content (AvgIpc) is 1.53. The van der Waals surface area contributed by atoms with Crippen molar-refractivity contribution in [3.05, 3.63) is 325 Å². The van der Waals surface area contributed by atoms with Gasteiger partial charge in [-0.2, -0.15) is 0 Å². The molecule has 0 unspecified atom stereocenters. The quantitative estimate of drug-likeness (QED) is 0.130. The smallest absolute Gasteiger partial charge is 0.399 e. The van der Waals surface area contributed by atoms with Crippen LogP contribution < -0.4 is 5.46 Å². The monoisotopic (exact) mass is 1520 g/mol. The molecule has 0 saturated carbocycles. The molecule has 17 aromatic rings. The molecule has 2 nitrogen and oxygen atoms in total. The molecule has 1 saturated heterocycles. The predicted octanol–water partition coefficient (Wildman–Crippen LogP) is 28.7. The lowest BCUT2D eigenvalue weighted by Crippen LogP contribution is -2.41. The molecular weight excluding hydrogens is 1440 g/mol. The van der Waals surface area contributed by atoms with E-state index < -0.39 is 0 Å². The Morgan fingerprint density at radius 3 is 0.750 bits per heavy atom. The fourth-order valence-corrected chi connectivity index (χ4v) is 20.0. The molecule has 0 N–H and O–H groups in total. The van der Waals surface area contributed by atoms with Crippen LogP contribution in [0.4, 0.5) is 0 Å². The first-order chi connectivity index (χ1) is 51.8. The fourth-order valence-electron chi connectivity index (χ4n) is 19.1. The Bertz CT molecular complexity index is 6490. The highest BCUT2D eigenvalue weighted by Crippen LogP contribution is 2.57. The second-order valence-corrected chi connectivity index (χ2v) is 35.4. The van der Waals surface area contributed by atoms with Gasteiger partial charge in [-0.3, -0.25) is 0 Å². The lowest BCUT2D eigenvalue weighted by molar-refractivity contribution is 0.00578. The van der Waals surface area contributed by atoms with Gasteiger partial charge in [-0.1, -0.05) is 274 Å². The van der Waals surface area contributed by atoms with Gasteiger partial charge < -0.3 is 9.31 Å². The van der Waals surface area contributed by atoms with Crippen LogP contribution in [0.5, 0.6) is 0 Å². The first-order valence-corrected chi connectivity index (χ1v) is 39.8. The average molecular weight is 1530 g/mol. The van der Waals surface area contributed by atoms with Crippen LogP contribution in [-0.2, 0) is 25.6 Å². The van der Waals surface area contributed by atoms with E-state index in [4.69, 9.17) is 9.31 Å². The van der Waals surface area contributed by atoms with Crippen molar-refractivity contribution in [2.45, 2.75) is 124 Å². The molecular formula is C103H85BBr2O2. The van der Waals surface area contributed by atoms with Crippen LogP contribution >= 0.6 is 31.9 Å². The molecule has 4 aliphatic rings. The van der Waals surface area contributed by atoms with E-state index in [9.17, 15) is 0 Å². The molecule has 0 aromatic heterocycles. The van der Waals surface area contributed by atoms with Crippen molar-refractivity contribution >= 4 is 141 Å². The highest BCUT2D eigenvalue weighted by Gasteiger charge is 2.52. The zero-order valence-corrected chi connectivity index (χ0v) is 67.1. The molecule has 5 heteroatoms. The molecule has 526 valence electrons. The predicted molar refractivity (Wildman–Crippen MR) is 471 cm³/mol. The topological polar surface area (TPSA) is 18.5 Å². The molecule has 0 bridgehead atoms. The van der Waals surface area contributed by atoms with Crippen LogP contribution in [0.2, 0.25) is 0 Å². The molecule has 1 fully saturated rings. The zero-order valence-electron chi connectivity index (χ0n) is 64.0. The maximum atomic E-state index is 6.39. The van der Waals surface area contributed by atoms with Crippen LogP contribution in [0.3, 0.4) is 0 Å². The van der Waals surface area contributed by atoms with E-state index in [1.165, 1.54) is 217 Å². The first kappa shape index (κ1) is 68.5. The summed E-state index contributed by atoms with van der Waals surface area (Å²) in [5, 5.41) is 23.9. The SMILES string of the molecule is CC1(C)c2cc(B3OC(C)(C)C(C)(C)O3)ccc2-c2cc3c4ccccc4c4ccccc4c3cc21.Cc1cc(-c2ccc3c(c2)C(C)(C)c2cc4c5ccccc5c5ccccc5c4cc2-3)c(C)cc1-c1ccc2c(c1)C(C)(C)c1cc3c4ccccc4c4ccccc4c3cc1-2.Cc1cc(Br)c(C)cc1Br. The summed E-state index contributed by atoms with van der Waals surface area (Å²) in [5.41, 5.74) is 26.8. The van der Waals surface area contributed by atoms with Gasteiger partial charge in [-0.15, -0.1) is 0 Å². The van der Waals surface area contributed by atoms with E-state index in [1.807, 2.05) is 0 Å². The third-order valence-corrected chi connectivity index (χ3v) is 27.5. The van der Waals surface area contributed by atoms with Gasteiger partial charge in [0.15, 0.2) is 0 Å². The van der Waals surface area contributed by atoms with Crippen molar-refractivity contribution in [2.75, 3.05) is 0 Å². The first-order valence-electron chi connectivity index (χ1n) is 38.2. The van der Waals surface area contributed by atoms with Gasteiger partial charge in [-0.25, -0.2) is 0 Å².